The molecule has 1 unspecified atom stereocenters. The molecule has 1 aliphatic carbocycles. The standard InChI is InChI=1S/C28H24Cl3N3O2/c29-28(30,31)24-21-12-6-4-8-18(21)15-17-33(24)26(35)23-27(36)34(20-10-2-1-3-11-20)25-22-13-7-5-9-19(22)14-16-32(23)25/h4-9,12-17,20,24H,1-3,10-11H2. The quantitative estimate of drug-likeness (QED) is 0.215. The van der Waals surface area contributed by atoms with Crippen molar-refractivity contribution in [2.24, 2.45) is 0 Å². The van der Waals surface area contributed by atoms with Crippen molar-refractivity contribution in [2.45, 2.75) is 48.0 Å². The highest BCUT2D eigenvalue weighted by molar-refractivity contribution is 6.68. The largest absolute Gasteiger partial charge is 0.839 e. The molecule has 1 saturated carbocycles. The SMILES string of the molecule is O=C(c1c([O-])[n+](C2CCCCC2)c2c3ccccc3ccn12)N1C=Cc2ccccc2C1C(Cl)(Cl)Cl. The summed E-state index contributed by atoms with van der Waals surface area (Å²) in [6.45, 7) is 0. The maximum atomic E-state index is 14.2. The predicted octanol–water partition coefficient (Wildman–Crippen LogP) is 6.50. The minimum atomic E-state index is -1.81. The molecule has 3 heterocycles. The average Bonchev–Trinajstić information content (AvgIpc) is 3.19. The molecule has 2 aromatic carbocycles. The van der Waals surface area contributed by atoms with Crippen molar-refractivity contribution < 1.29 is 14.5 Å². The van der Waals surface area contributed by atoms with Crippen LogP contribution in [0.15, 0.2) is 67.0 Å². The monoisotopic (exact) mass is 539 g/mol. The van der Waals surface area contributed by atoms with Crippen LogP contribution in [0.3, 0.4) is 0 Å². The first kappa shape index (κ1) is 23.7. The number of carbonyl (C=O) groups is 1. The van der Waals surface area contributed by atoms with Gasteiger partial charge in [-0.3, -0.25) is 9.69 Å². The normalized spacial score (nSPS) is 18.6. The van der Waals surface area contributed by atoms with Crippen LogP contribution in [0.5, 0.6) is 5.88 Å². The number of benzene rings is 2. The van der Waals surface area contributed by atoms with Gasteiger partial charge in [0.25, 0.3) is 5.65 Å². The van der Waals surface area contributed by atoms with Gasteiger partial charge >= 0.3 is 5.91 Å². The third-order valence-corrected chi connectivity index (χ3v) is 8.01. The maximum absolute atomic E-state index is 14.2. The molecule has 36 heavy (non-hydrogen) atoms. The van der Waals surface area contributed by atoms with Gasteiger partial charge in [-0.15, -0.1) is 0 Å². The Labute approximate surface area is 224 Å². The van der Waals surface area contributed by atoms with Gasteiger partial charge in [0.2, 0.25) is 9.49 Å². The second-order valence-electron chi connectivity index (χ2n) is 9.51. The molecule has 8 heteroatoms. The van der Waals surface area contributed by atoms with Gasteiger partial charge in [-0.25, -0.2) is 4.57 Å². The van der Waals surface area contributed by atoms with Crippen LogP contribution in [0.25, 0.3) is 22.5 Å². The lowest BCUT2D eigenvalue weighted by Crippen LogP contribution is -2.43. The summed E-state index contributed by atoms with van der Waals surface area (Å²) in [4.78, 5) is 15.6. The van der Waals surface area contributed by atoms with Gasteiger partial charge in [0.15, 0.2) is 0 Å². The highest BCUT2D eigenvalue weighted by Crippen LogP contribution is 2.47. The van der Waals surface area contributed by atoms with Crippen LogP contribution in [0, 0.1) is 0 Å². The molecule has 1 aliphatic heterocycles. The maximum Gasteiger partial charge on any atom is 0.302 e. The fourth-order valence-corrected chi connectivity index (χ4v) is 6.43. The van der Waals surface area contributed by atoms with Gasteiger partial charge in [0.1, 0.15) is 18.0 Å². The number of carbonyl (C=O) groups excluding carboxylic acids is 1. The Morgan fingerprint density at radius 3 is 2.47 bits per heavy atom. The zero-order valence-corrected chi connectivity index (χ0v) is 21.7. The number of hydrogen-bond acceptors (Lipinski definition) is 2. The van der Waals surface area contributed by atoms with Gasteiger partial charge in [0.05, 0.1) is 11.6 Å². The molecule has 1 amide bonds. The summed E-state index contributed by atoms with van der Waals surface area (Å²) in [6, 6.07) is 16.5. The summed E-state index contributed by atoms with van der Waals surface area (Å²) in [6.07, 6.45) is 10.3. The van der Waals surface area contributed by atoms with Crippen LogP contribution in [-0.4, -0.2) is 19.0 Å². The minimum absolute atomic E-state index is 0.0372. The van der Waals surface area contributed by atoms with E-state index >= 15 is 0 Å². The van der Waals surface area contributed by atoms with Crippen molar-refractivity contribution in [3.63, 3.8) is 0 Å². The topological polar surface area (TPSA) is 51.7 Å². The van der Waals surface area contributed by atoms with Crippen molar-refractivity contribution in [2.75, 3.05) is 0 Å². The number of rotatable bonds is 2. The number of hydrogen-bond donors (Lipinski definition) is 0. The van der Waals surface area contributed by atoms with Crippen LogP contribution in [0.2, 0.25) is 0 Å². The van der Waals surface area contributed by atoms with Gasteiger partial charge in [-0.05, 0) is 60.4 Å². The van der Waals surface area contributed by atoms with Crippen LogP contribution in [-0.2, 0) is 0 Å². The number of halogens is 3. The summed E-state index contributed by atoms with van der Waals surface area (Å²) in [5.41, 5.74) is 2.36. The first-order chi connectivity index (χ1) is 17.4. The van der Waals surface area contributed by atoms with E-state index in [1.165, 1.54) is 4.90 Å². The molecular formula is C28H24Cl3N3O2. The van der Waals surface area contributed by atoms with Crippen molar-refractivity contribution >= 4 is 63.2 Å². The second-order valence-corrected chi connectivity index (χ2v) is 11.9. The smallest absolute Gasteiger partial charge is 0.302 e. The first-order valence-electron chi connectivity index (χ1n) is 12.2. The molecule has 5 nitrogen and oxygen atoms in total. The number of fused-ring (bicyclic) bond motifs is 4. The van der Waals surface area contributed by atoms with Gasteiger partial charge in [-0.2, -0.15) is 4.40 Å². The van der Waals surface area contributed by atoms with Gasteiger partial charge in [-0.1, -0.05) is 83.7 Å². The minimum Gasteiger partial charge on any atom is -0.839 e. The fraction of sp³-hybridized carbons (Fsp3) is 0.286. The molecule has 0 spiro atoms. The molecule has 2 aliphatic rings. The average molecular weight is 541 g/mol. The van der Waals surface area contributed by atoms with Gasteiger partial charge in [0, 0.05) is 6.20 Å². The Balaban J connectivity index is 1.57. The third kappa shape index (κ3) is 3.76. The lowest BCUT2D eigenvalue weighted by molar-refractivity contribution is -0.736. The molecule has 0 bridgehead atoms. The van der Waals surface area contributed by atoms with Crippen LogP contribution in [0.4, 0.5) is 0 Å². The Hall–Kier alpha value is -2.73. The lowest BCUT2D eigenvalue weighted by Gasteiger charge is -2.37. The molecule has 0 saturated heterocycles. The number of aromatic nitrogens is 2. The number of alkyl halides is 3. The van der Waals surface area contributed by atoms with E-state index in [1.54, 1.807) is 16.8 Å². The van der Waals surface area contributed by atoms with Gasteiger partial charge < -0.3 is 5.11 Å². The lowest BCUT2D eigenvalue weighted by atomic mass is 9.95. The molecule has 2 aromatic heterocycles. The van der Waals surface area contributed by atoms with E-state index in [0.717, 1.165) is 54.1 Å². The second kappa shape index (κ2) is 8.98. The predicted molar refractivity (Wildman–Crippen MR) is 141 cm³/mol. The van der Waals surface area contributed by atoms with Crippen molar-refractivity contribution in [1.29, 1.82) is 0 Å². The van der Waals surface area contributed by atoms with E-state index in [1.807, 2.05) is 65.2 Å². The number of nitrogens with zero attached hydrogens (tertiary/aromatic N) is 3. The van der Waals surface area contributed by atoms with E-state index in [0.29, 0.717) is 5.56 Å². The summed E-state index contributed by atoms with van der Waals surface area (Å²) < 4.78 is 1.75. The molecule has 1 atom stereocenters. The summed E-state index contributed by atoms with van der Waals surface area (Å²) in [7, 11) is 0. The molecule has 6 rings (SSSR count). The van der Waals surface area contributed by atoms with Crippen LogP contribution < -0.4 is 9.67 Å². The van der Waals surface area contributed by atoms with Crippen LogP contribution >= 0.6 is 34.8 Å². The molecule has 184 valence electrons. The van der Waals surface area contributed by atoms with Crippen LogP contribution in [0.1, 0.15) is 65.8 Å². The van der Waals surface area contributed by atoms with E-state index in [4.69, 9.17) is 34.8 Å². The Bertz CT molecular complexity index is 1520. The van der Waals surface area contributed by atoms with E-state index in [-0.39, 0.29) is 17.6 Å². The molecule has 0 radical (unpaired) electrons. The molecule has 4 aromatic rings. The summed E-state index contributed by atoms with van der Waals surface area (Å²) >= 11 is 19.3. The van der Waals surface area contributed by atoms with E-state index in [2.05, 4.69) is 0 Å². The van der Waals surface area contributed by atoms with Crippen molar-refractivity contribution in [3.05, 3.63) is 83.8 Å². The van der Waals surface area contributed by atoms with Crippen molar-refractivity contribution in [1.82, 2.24) is 9.30 Å². The number of pyridine rings is 1. The Morgan fingerprint density at radius 2 is 1.69 bits per heavy atom. The molecule has 0 N–H and O–H groups in total. The fourth-order valence-electron chi connectivity index (χ4n) is 5.76. The van der Waals surface area contributed by atoms with Crippen molar-refractivity contribution in [3.8, 4) is 5.88 Å². The Morgan fingerprint density at radius 1 is 0.972 bits per heavy atom. The highest BCUT2D eigenvalue weighted by Gasteiger charge is 2.45. The summed E-state index contributed by atoms with van der Waals surface area (Å²) in [5, 5.41) is 16.0. The van der Waals surface area contributed by atoms with E-state index in [9.17, 15) is 9.90 Å². The van der Waals surface area contributed by atoms with E-state index < -0.39 is 15.7 Å². The number of amides is 1. The number of imidazole rings is 1. The zero-order valence-electron chi connectivity index (χ0n) is 19.4. The summed E-state index contributed by atoms with van der Waals surface area (Å²) in [5.74, 6) is -0.805. The third-order valence-electron chi connectivity index (χ3n) is 7.39. The first-order valence-corrected chi connectivity index (χ1v) is 13.3. The Kier molecular flexibility index (Phi) is 5.90. The zero-order chi connectivity index (χ0) is 25.0. The molecular weight excluding hydrogens is 517 g/mol. The molecule has 1 fully saturated rings. The highest BCUT2D eigenvalue weighted by atomic mass is 35.6.